The van der Waals surface area contributed by atoms with Crippen LogP contribution in [0.4, 0.5) is 5.69 Å². The highest BCUT2D eigenvalue weighted by Crippen LogP contribution is 2.17. The predicted molar refractivity (Wildman–Crippen MR) is 90.7 cm³/mol. The largest absolute Gasteiger partial charge is 1.00 e. The first-order valence-corrected chi connectivity index (χ1v) is 7.65. The van der Waals surface area contributed by atoms with Gasteiger partial charge in [0.05, 0.1) is 6.08 Å². The monoisotopic (exact) mass is 434 g/mol. The summed E-state index contributed by atoms with van der Waals surface area (Å²) in [5, 5.41) is 0. The number of aryl methyl sites for hydroxylation is 1. The van der Waals surface area contributed by atoms with Crippen LogP contribution in [0.25, 0.3) is 17.2 Å². The van der Waals surface area contributed by atoms with Crippen LogP contribution >= 0.6 is 0 Å². The first-order chi connectivity index (χ1) is 11.2. The number of amides is 1. The van der Waals surface area contributed by atoms with Gasteiger partial charge in [-0.05, 0) is 25.1 Å². The van der Waals surface area contributed by atoms with Crippen LogP contribution in [0.3, 0.4) is 0 Å². The average Bonchev–Trinajstić information content (AvgIpc) is 2.93. The first kappa shape index (κ1) is 18.2. The minimum Gasteiger partial charge on any atom is -1.00 e. The van der Waals surface area contributed by atoms with Crippen LogP contribution in [0.15, 0.2) is 65.2 Å². The van der Waals surface area contributed by atoms with Gasteiger partial charge in [0.1, 0.15) is 6.54 Å². The number of carbonyl (C=O) groups is 1. The van der Waals surface area contributed by atoms with Crippen molar-refractivity contribution in [2.24, 2.45) is 0 Å². The number of benzene rings is 2. The SMILES string of the molecule is CC[n+]1c(/C=C/N(C(C)=O)c2ccccc2)oc2ccccc21.[I-]. The molecule has 0 aliphatic carbocycles. The van der Waals surface area contributed by atoms with Gasteiger partial charge in [-0.2, -0.15) is 4.57 Å². The molecule has 124 valence electrons. The van der Waals surface area contributed by atoms with E-state index in [1.807, 2.05) is 60.7 Å². The average molecular weight is 434 g/mol. The van der Waals surface area contributed by atoms with Crippen molar-refractivity contribution in [2.45, 2.75) is 20.4 Å². The molecule has 5 heteroatoms. The fourth-order valence-corrected chi connectivity index (χ4v) is 2.60. The lowest BCUT2D eigenvalue weighted by Gasteiger charge is -2.15. The third-order valence-corrected chi connectivity index (χ3v) is 3.69. The minimum atomic E-state index is -0.0494. The summed E-state index contributed by atoms with van der Waals surface area (Å²) >= 11 is 0. The van der Waals surface area contributed by atoms with Crippen molar-refractivity contribution in [3.8, 4) is 0 Å². The van der Waals surface area contributed by atoms with E-state index in [-0.39, 0.29) is 29.9 Å². The molecule has 0 fully saturated rings. The van der Waals surface area contributed by atoms with Gasteiger partial charge in [-0.1, -0.05) is 30.3 Å². The summed E-state index contributed by atoms with van der Waals surface area (Å²) in [4.78, 5) is 13.5. The van der Waals surface area contributed by atoms with Crippen molar-refractivity contribution in [3.05, 3.63) is 66.7 Å². The molecule has 2 aromatic carbocycles. The second-order valence-electron chi connectivity index (χ2n) is 5.19. The van der Waals surface area contributed by atoms with E-state index in [4.69, 9.17) is 4.42 Å². The Labute approximate surface area is 158 Å². The Bertz CT molecular complexity index is 856. The maximum absolute atomic E-state index is 11.9. The number of hydrogen-bond acceptors (Lipinski definition) is 2. The number of carbonyl (C=O) groups excluding carboxylic acids is 1. The van der Waals surface area contributed by atoms with Gasteiger partial charge < -0.3 is 28.4 Å². The summed E-state index contributed by atoms with van der Waals surface area (Å²) < 4.78 is 7.97. The molecule has 0 saturated heterocycles. The number of nitrogens with zero attached hydrogens (tertiary/aromatic N) is 2. The molecule has 4 nitrogen and oxygen atoms in total. The molecule has 0 atom stereocenters. The van der Waals surface area contributed by atoms with E-state index in [0.717, 1.165) is 29.2 Å². The number of hydrogen-bond donors (Lipinski definition) is 0. The number of fused-ring (bicyclic) bond motifs is 1. The Morgan fingerprint density at radius 3 is 2.46 bits per heavy atom. The second-order valence-corrected chi connectivity index (χ2v) is 5.19. The second kappa shape index (κ2) is 8.10. The number of para-hydroxylation sites is 3. The Morgan fingerprint density at radius 2 is 1.79 bits per heavy atom. The van der Waals surface area contributed by atoms with Gasteiger partial charge >= 0.3 is 5.89 Å². The maximum atomic E-state index is 11.9. The normalized spacial score (nSPS) is 10.8. The van der Waals surface area contributed by atoms with Crippen LogP contribution in [0.1, 0.15) is 19.7 Å². The number of halogens is 1. The molecule has 3 rings (SSSR count). The van der Waals surface area contributed by atoms with E-state index >= 15 is 0 Å². The maximum Gasteiger partial charge on any atom is 0.375 e. The fraction of sp³-hybridized carbons (Fsp3) is 0.158. The Kier molecular flexibility index (Phi) is 6.14. The summed E-state index contributed by atoms with van der Waals surface area (Å²) in [5.74, 6) is 0.669. The van der Waals surface area contributed by atoms with E-state index in [1.165, 1.54) is 0 Å². The van der Waals surface area contributed by atoms with Crippen LogP contribution in [0.2, 0.25) is 0 Å². The predicted octanol–water partition coefficient (Wildman–Crippen LogP) is 0.768. The molecule has 24 heavy (non-hydrogen) atoms. The molecule has 3 aromatic rings. The number of anilines is 1. The van der Waals surface area contributed by atoms with Crippen LogP contribution in [-0.4, -0.2) is 5.91 Å². The van der Waals surface area contributed by atoms with Crippen LogP contribution in [0.5, 0.6) is 0 Å². The zero-order valence-corrected chi connectivity index (χ0v) is 15.8. The van der Waals surface area contributed by atoms with E-state index < -0.39 is 0 Å². The molecular formula is C19H19IN2O2. The van der Waals surface area contributed by atoms with Crippen molar-refractivity contribution in [3.63, 3.8) is 0 Å². The molecule has 0 spiro atoms. The highest BCUT2D eigenvalue weighted by Gasteiger charge is 2.19. The standard InChI is InChI=1S/C19H19N2O2.HI/c1-3-20-17-11-7-8-12-18(17)23-19(20)13-14-21(15(2)22)16-9-5-4-6-10-16;/h4-14H,3H2,1-2H3;1H/q+1;/p-1. The third-order valence-electron chi connectivity index (χ3n) is 3.69. The molecule has 0 saturated carbocycles. The smallest absolute Gasteiger partial charge is 0.375 e. The topological polar surface area (TPSA) is 37.3 Å². The molecule has 1 amide bonds. The number of oxazole rings is 1. The zero-order chi connectivity index (χ0) is 16.2. The minimum absolute atomic E-state index is 0. The van der Waals surface area contributed by atoms with Crippen molar-refractivity contribution in [1.29, 1.82) is 0 Å². The zero-order valence-electron chi connectivity index (χ0n) is 13.6. The van der Waals surface area contributed by atoms with E-state index in [0.29, 0.717) is 0 Å². The summed E-state index contributed by atoms with van der Waals surface area (Å²) in [6.07, 6.45) is 3.58. The van der Waals surface area contributed by atoms with Crippen molar-refractivity contribution < 1.29 is 37.8 Å². The van der Waals surface area contributed by atoms with Gasteiger partial charge in [-0.3, -0.25) is 9.69 Å². The highest BCUT2D eigenvalue weighted by atomic mass is 127. The lowest BCUT2D eigenvalue weighted by molar-refractivity contribution is -0.674. The number of rotatable bonds is 4. The van der Waals surface area contributed by atoms with Gasteiger partial charge in [-0.25, -0.2) is 0 Å². The lowest BCUT2D eigenvalue weighted by atomic mass is 10.3. The third kappa shape index (κ3) is 3.67. The van der Waals surface area contributed by atoms with Crippen LogP contribution in [0, 0.1) is 0 Å². The molecule has 0 aliphatic heterocycles. The van der Waals surface area contributed by atoms with E-state index in [9.17, 15) is 4.79 Å². The quantitative estimate of drug-likeness (QED) is 0.450. The summed E-state index contributed by atoms with van der Waals surface area (Å²) in [7, 11) is 0. The summed E-state index contributed by atoms with van der Waals surface area (Å²) in [6.45, 7) is 4.41. The van der Waals surface area contributed by atoms with Gasteiger partial charge in [0.15, 0.2) is 0 Å². The molecule has 1 aromatic heterocycles. The molecule has 0 radical (unpaired) electrons. The Balaban J connectivity index is 0.00000208. The Morgan fingerprint density at radius 1 is 1.12 bits per heavy atom. The summed E-state index contributed by atoms with van der Waals surface area (Å²) in [6, 6.07) is 17.5. The van der Waals surface area contributed by atoms with Crippen LogP contribution in [-0.2, 0) is 11.3 Å². The molecule has 0 N–H and O–H groups in total. The van der Waals surface area contributed by atoms with Gasteiger partial charge in [0, 0.05) is 24.9 Å². The van der Waals surface area contributed by atoms with E-state index in [2.05, 4.69) is 11.5 Å². The Hall–Kier alpha value is -2.15. The molecule has 0 bridgehead atoms. The van der Waals surface area contributed by atoms with Crippen molar-refractivity contribution >= 4 is 28.8 Å². The van der Waals surface area contributed by atoms with Crippen LogP contribution < -0.4 is 33.4 Å². The first-order valence-electron chi connectivity index (χ1n) is 7.65. The highest BCUT2D eigenvalue weighted by molar-refractivity contribution is 5.94. The van der Waals surface area contributed by atoms with Crippen molar-refractivity contribution in [2.75, 3.05) is 4.90 Å². The van der Waals surface area contributed by atoms with Gasteiger partial charge in [-0.15, -0.1) is 0 Å². The van der Waals surface area contributed by atoms with Gasteiger partial charge in [0.2, 0.25) is 11.5 Å². The molecule has 1 heterocycles. The molecule has 0 aliphatic rings. The van der Waals surface area contributed by atoms with Crippen molar-refractivity contribution in [1.82, 2.24) is 0 Å². The van der Waals surface area contributed by atoms with E-state index in [1.54, 1.807) is 18.0 Å². The summed E-state index contributed by atoms with van der Waals surface area (Å²) in [5.41, 5.74) is 2.71. The molecular weight excluding hydrogens is 415 g/mol. The van der Waals surface area contributed by atoms with Gasteiger partial charge in [0.25, 0.3) is 5.52 Å². The fourth-order valence-electron chi connectivity index (χ4n) is 2.60. The number of aromatic nitrogens is 1. The molecule has 0 unspecified atom stereocenters. The lowest BCUT2D eigenvalue weighted by Crippen LogP contribution is -3.00.